The molecule has 0 spiro atoms. The first-order chi connectivity index (χ1) is 17.7. The number of halogens is 1. The lowest BCUT2D eigenvalue weighted by molar-refractivity contribution is 0.371. The summed E-state index contributed by atoms with van der Waals surface area (Å²) >= 11 is 1.96. The van der Waals surface area contributed by atoms with E-state index in [4.69, 9.17) is 9.15 Å². The molecule has 37 heavy (non-hydrogen) atoms. The van der Waals surface area contributed by atoms with Gasteiger partial charge in [-0.05, 0) is 71.5 Å². The molecule has 9 heteroatoms. The third-order valence-corrected chi connectivity index (χ3v) is 7.42. The summed E-state index contributed by atoms with van der Waals surface area (Å²) in [6.07, 6.45) is 0. The van der Waals surface area contributed by atoms with Crippen LogP contribution in [-0.2, 0) is 7.05 Å². The number of aromatic nitrogens is 2. The molecule has 5 rings (SSSR count). The van der Waals surface area contributed by atoms with Crippen molar-refractivity contribution in [3.8, 4) is 22.9 Å². The molecule has 5 aromatic rings. The summed E-state index contributed by atoms with van der Waals surface area (Å²) in [5.74, 6) is -1.18. The molecule has 0 aliphatic carbocycles. The standard InChI is InChI=1S/C28H23IN2O6/c1-15-22(27(34)31(30(15)2)17-9-5-4-6-10-17)23(16-13-19(29)26(33)21(14-16)36-3)24-25(32)18-11-7-8-12-20(18)37-28(24)35/h4-14,23,32-33H,1-3H3/t23-/m0/s1. The van der Waals surface area contributed by atoms with Gasteiger partial charge in [0.2, 0.25) is 0 Å². The van der Waals surface area contributed by atoms with E-state index in [-0.39, 0.29) is 39.5 Å². The Balaban J connectivity index is 1.91. The van der Waals surface area contributed by atoms with Gasteiger partial charge in [0.1, 0.15) is 11.3 Å². The first-order valence-corrected chi connectivity index (χ1v) is 12.5. The van der Waals surface area contributed by atoms with Crippen LogP contribution in [0.3, 0.4) is 0 Å². The molecule has 2 N–H and O–H groups in total. The van der Waals surface area contributed by atoms with Crippen LogP contribution in [0.5, 0.6) is 17.2 Å². The lowest BCUT2D eigenvalue weighted by Gasteiger charge is -2.20. The Bertz CT molecular complexity index is 1770. The van der Waals surface area contributed by atoms with Crippen molar-refractivity contribution in [3.63, 3.8) is 0 Å². The molecule has 0 bridgehead atoms. The Morgan fingerprint density at radius 3 is 2.32 bits per heavy atom. The summed E-state index contributed by atoms with van der Waals surface area (Å²) in [6.45, 7) is 1.78. The molecular formula is C28H23IN2O6. The Morgan fingerprint density at radius 1 is 0.946 bits per heavy atom. The number of phenols is 1. The number of phenolic OH excluding ortho intramolecular Hbond substituents is 1. The van der Waals surface area contributed by atoms with Gasteiger partial charge in [-0.3, -0.25) is 9.48 Å². The first-order valence-electron chi connectivity index (χ1n) is 11.4. The van der Waals surface area contributed by atoms with Crippen molar-refractivity contribution >= 4 is 33.6 Å². The van der Waals surface area contributed by atoms with Gasteiger partial charge in [-0.25, -0.2) is 9.48 Å². The van der Waals surface area contributed by atoms with E-state index in [1.165, 1.54) is 11.8 Å². The monoisotopic (exact) mass is 610 g/mol. The second-order valence-corrected chi connectivity index (χ2v) is 9.77. The fourth-order valence-corrected chi connectivity index (χ4v) is 5.34. The van der Waals surface area contributed by atoms with Crippen LogP contribution in [0, 0.1) is 10.5 Å². The highest BCUT2D eigenvalue weighted by atomic mass is 127. The highest BCUT2D eigenvalue weighted by molar-refractivity contribution is 14.1. The van der Waals surface area contributed by atoms with Crippen molar-refractivity contribution < 1.29 is 19.4 Å². The van der Waals surface area contributed by atoms with Gasteiger partial charge >= 0.3 is 5.63 Å². The second kappa shape index (κ2) is 9.47. The minimum atomic E-state index is -1.02. The normalized spacial score (nSPS) is 12.1. The average molecular weight is 610 g/mol. The predicted molar refractivity (Wildman–Crippen MR) is 148 cm³/mol. The molecule has 0 saturated carbocycles. The highest BCUT2D eigenvalue weighted by Gasteiger charge is 2.33. The van der Waals surface area contributed by atoms with Crippen LogP contribution in [0.2, 0.25) is 0 Å². The zero-order valence-electron chi connectivity index (χ0n) is 20.2. The molecule has 188 valence electrons. The van der Waals surface area contributed by atoms with E-state index >= 15 is 0 Å². The minimum Gasteiger partial charge on any atom is -0.507 e. The van der Waals surface area contributed by atoms with Crippen molar-refractivity contribution in [2.24, 2.45) is 7.05 Å². The number of fused-ring (bicyclic) bond motifs is 1. The van der Waals surface area contributed by atoms with Gasteiger partial charge in [0.25, 0.3) is 5.56 Å². The van der Waals surface area contributed by atoms with E-state index in [0.29, 0.717) is 25.9 Å². The lowest BCUT2D eigenvalue weighted by atomic mass is 9.84. The van der Waals surface area contributed by atoms with Crippen LogP contribution in [0.1, 0.15) is 28.3 Å². The second-order valence-electron chi connectivity index (χ2n) is 8.61. The molecule has 0 amide bonds. The van der Waals surface area contributed by atoms with Gasteiger partial charge in [0, 0.05) is 12.7 Å². The van der Waals surface area contributed by atoms with Gasteiger partial charge < -0.3 is 19.4 Å². The highest BCUT2D eigenvalue weighted by Crippen LogP contribution is 2.42. The van der Waals surface area contributed by atoms with Crippen molar-refractivity contribution in [2.75, 3.05) is 7.11 Å². The third-order valence-electron chi connectivity index (χ3n) is 6.60. The number of rotatable bonds is 5. The molecular weight excluding hydrogens is 587 g/mol. The Hall–Kier alpha value is -3.99. The first kappa shape index (κ1) is 24.7. The number of methoxy groups -OCH3 is 1. The molecule has 0 aliphatic heterocycles. The zero-order chi connectivity index (χ0) is 26.4. The van der Waals surface area contributed by atoms with E-state index in [9.17, 15) is 19.8 Å². The molecule has 0 fully saturated rings. The summed E-state index contributed by atoms with van der Waals surface area (Å²) in [5.41, 5.74) is 1.03. The minimum absolute atomic E-state index is 0.0631. The van der Waals surface area contributed by atoms with E-state index in [0.717, 1.165) is 0 Å². The summed E-state index contributed by atoms with van der Waals surface area (Å²) in [5, 5.41) is 22.2. The van der Waals surface area contributed by atoms with E-state index in [2.05, 4.69) is 0 Å². The Kier molecular flexibility index (Phi) is 6.32. The van der Waals surface area contributed by atoms with E-state index in [1.54, 1.807) is 55.1 Å². The molecule has 2 aromatic heterocycles. The number of nitrogens with zero attached hydrogens (tertiary/aromatic N) is 2. The molecule has 3 aromatic carbocycles. The van der Waals surface area contributed by atoms with E-state index in [1.807, 2.05) is 52.9 Å². The number of hydrogen-bond acceptors (Lipinski definition) is 6. The molecule has 0 saturated heterocycles. The Morgan fingerprint density at radius 2 is 1.62 bits per heavy atom. The van der Waals surface area contributed by atoms with Crippen molar-refractivity contribution in [1.29, 1.82) is 0 Å². The number of ether oxygens (including phenoxy) is 1. The predicted octanol–water partition coefficient (Wildman–Crippen LogP) is 4.80. The molecule has 0 unspecified atom stereocenters. The largest absolute Gasteiger partial charge is 0.507 e. The zero-order valence-corrected chi connectivity index (χ0v) is 22.4. The summed E-state index contributed by atoms with van der Waals surface area (Å²) < 4.78 is 14.6. The van der Waals surface area contributed by atoms with Crippen LogP contribution in [-0.4, -0.2) is 26.7 Å². The van der Waals surface area contributed by atoms with Crippen LogP contribution < -0.4 is 15.9 Å². The maximum atomic E-state index is 14.0. The molecule has 0 radical (unpaired) electrons. The molecule has 1 atom stereocenters. The SMILES string of the molecule is COc1cc([C@H](c2c(O)c3ccccc3oc2=O)c2c(C)n(C)n(-c3ccccc3)c2=O)cc(I)c1O. The number of benzene rings is 3. The topological polar surface area (TPSA) is 107 Å². The number of aromatic hydroxyl groups is 2. The van der Waals surface area contributed by atoms with Gasteiger partial charge in [-0.15, -0.1) is 0 Å². The number of para-hydroxylation sites is 2. The van der Waals surface area contributed by atoms with Gasteiger partial charge in [0.15, 0.2) is 11.5 Å². The summed E-state index contributed by atoms with van der Waals surface area (Å²) in [6, 6.07) is 19.0. The maximum Gasteiger partial charge on any atom is 0.344 e. The van der Waals surface area contributed by atoms with Crippen LogP contribution in [0.4, 0.5) is 0 Å². The van der Waals surface area contributed by atoms with Crippen LogP contribution in [0.25, 0.3) is 16.7 Å². The fraction of sp³-hybridized carbons (Fsp3) is 0.143. The van der Waals surface area contributed by atoms with Gasteiger partial charge in [-0.2, -0.15) is 0 Å². The molecule has 8 nitrogen and oxygen atoms in total. The smallest absolute Gasteiger partial charge is 0.344 e. The van der Waals surface area contributed by atoms with Crippen molar-refractivity contribution in [2.45, 2.75) is 12.8 Å². The van der Waals surface area contributed by atoms with Crippen LogP contribution in [0.15, 0.2) is 80.7 Å². The maximum absolute atomic E-state index is 14.0. The summed E-state index contributed by atoms with van der Waals surface area (Å²) in [7, 11) is 3.18. The fourth-order valence-electron chi connectivity index (χ4n) is 4.72. The Labute approximate surface area is 225 Å². The van der Waals surface area contributed by atoms with Gasteiger partial charge in [0.05, 0.1) is 38.8 Å². The van der Waals surface area contributed by atoms with Crippen LogP contribution >= 0.6 is 22.6 Å². The lowest BCUT2D eigenvalue weighted by Crippen LogP contribution is -2.24. The van der Waals surface area contributed by atoms with E-state index < -0.39 is 11.5 Å². The van der Waals surface area contributed by atoms with Gasteiger partial charge in [-0.1, -0.05) is 30.3 Å². The molecule has 0 aliphatic rings. The molecule has 2 heterocycles. The average Bonchev–Trinajstić information content (AvgIpc) is 3.11. The third kappa shape index (κ3) is 3.99. The van der Waals surface area contributed by atoms with Crippen molar-refractivity contribution in [1.82, 2.24) is 9.36 Å². The quantitative estimate of drug-likeness (QED) is 0.219. The van der Waals surface area contributed by atoms with Crippen molar-refractivity contribution in [3.05, 3.63) is 113 Å². The number of hydrogen-bond donors (Lipinski definition) is 2. The summed E-state index contributed by atoms with van der Waals surface area (Å²) in [4.78, 5) is 27.4.